The summed E-state index contributed by atoms with van der Waals surface area (Å²) in [6.45, 7) is 6.13. The van der Waals surface area contributed by atoms with Gasteiger partial charge in [0.05, 0.1) is 11.2 Å². The van der Waals surface area contributed by atoms with Gasteiger partial charge in [0.25, 0.3) is 5.91 Å². The van der Waals surface area contributed by atoms with Gasteiger partial charge in [-0.25, -0.2) is 10.4 Å². The van der Waals surface area contributed by atoms with Gasteiger partial charge in [0, 0.05) is 6.42 Å². The van der Waals surface area contributed by atoms with Gasteiger partial charge in [0.15, 0.2) is 5.78 Å². The number of ketones is 1. The van der Waals surface area contributed by atoms with E-state index in [-0.39, 0.29) is 17.1 Å². The SMILES string of the molecule is CC1(C)CC(=O)[C@@]2(C1)C(=O)N(c1ccccc1)N[C@@]2(C)c1ccccc1. The molecule has 2 aliphatic rings. The number of anilines is 1. The summed E-state index contributed by atoms with van der Waals surface area (Å²) < 4.78 is 0. The lowest BCUT2D eigenvalue weighted by Crippen LogP contribution is -2.51. The highest BCUT2D eigenvalue weighted by atomic mass is 16.2. The number of hydrazine groups is 1. The van der Waals surface area contributed by atoms with Crippen LogP contribution in [0, 0.1) is 10.8 Å². The van der Waals surface area contributed by atoms with E-state index in [1.54, 1.807) is 5.01 Å². The molecule has 1 aliphatic carbocycles. The van der Waals surface area contributed by atoms with E-state index in [0.717, 1.165) is 11.3 Å². The highest BCUT2D eigenvalue weighted by Crippen LogP contribution is 2.59. The van der Waals surface area contributed by atoms with Gasteiger partial charge in [-0.1, -0.05) is 62.4 Å². The van der Waals surface area contributed by atoms with E-state index in [2.05, 4.69) is 19.3 Å². The van der Waals surface area contributed by atoms with Crippen molar-refractivity contribution < 1.29 is 9.59 Å². The maximum atomic E-state index is 13.7. The topological polar surface area (TPSA) is 49.4 Å². The molecule has 1 aliphatic heterocycles. The Kier molecular flexibility index (Phi) is 3.60. The second-order valence-electron chi connectivity index (χ2n) is 8.43. The highest BCUT2D eigenvalue weighted by molar-refractivity contribution is 6.16. The summed E-state index contributed by atoms with van der Waals surface area (Å²) in [5, 5.41) is 1.58. The Balaban J connectivity index is 1.91. The van der Waals surface area contributed by atoms with Crippen LogP contribution < -0.4 is 10.4 Å². The number of carbonyl (C=O) groups is 2. The van der Waals surface area contributed by atoms with E-state index in [0.29, 0.717) is 12.8 Å². The summed E-state index contributed by atoms with van der Waals surface area (Å²) in [5.41, 5.74) is 3.06. The van der Waals surface area contributed by atoms with Crippen molar-refractivity contribution in [2.45, 2.75) is 39.2 Å². The average Bonchev–Trinajstić information content (AvgIpc) is 3.02. The summed E-state index contributed by atoms with van der Waals surface area (Å²) in [6, 6.07) is 19.3. The molecule has 4 rings (SSSR count). The lowest BCUT2D eigenvalue weighted by atomic mass is 9.65. The quantitative estimate of drug-likeness (QED) is 0.839. The molecule has 2 aromatic carbocycles. The van der Waals surface area contributed by atoms with Crippen LogP contribution in [0.25, 0.3) is 0 Å². The number of para-hydroxylation sites is 1. The zero-order chi connectivity index (χ0) is 18.6. The van der Waals surface area contributed by atoms with Crippen LogP contribution in [-0.4, -0.2) is 11.7 Å². The molecule has 4 nitrogen and oxygen atoms in total. The predicted molar refractivity (Wildman–Crippen MR) is 101 cm³/mol. The summed E-state index contributed by atoms with van der Waals surface area (Å²) in [6.07, 6.45) is 0.963. The standard InChI is InChI=1S/C22H24N2O2/c1-20(2)14-18(25)22(15-20)19(26)24(17-12-8-5-9-13-17)23-21(22,3)16-10-6-4-7-11-16/h4-13,23H,14-15H2,1-3H3/t21-,22-/m0/s1. The minimum Gasteiger partial charge on any atom is -0.298 e. The van der Waals surface area contributed by atoms with Crippen LogP contribution in [0.15, 0.2) is 60.7 Å². The molecule has 1 heterocycles. The Labute approximate surface area is 154 Å². The maximum Gasteiger partial charge on any atom is 0.257 e. The van der Waals surface area contributed by atoms with Crippen molar-refractivity contribution in [1.82, 2.24) is 5.43 Å². The van der Waals surface area contributed by atoms with Crippen LogP contribution in [0.1, 0.15) is 39.2 Å². The fraction of sp³-hybridized carbons (Fsp3) is 0.364. The summed E-state index contributed by atoms with van der Waals surface area (Å²) >= 11 is 0. The molecular weight excluding hydrogens is 324 g/mol. The first-order chi connectivity index (χ1) is 12.3. The van der Waals surface area contributed by atoms with Gasteiger partial charge in [-0.3, -0.25) is 9.59 Å². The second-order valence-corrected chi connectivity index (χ2v) is 8.43. The number of amides is 1. The highest BCUT2D eigenvalue weighted by Gasteiger charge is 2.70. The first-order valence-corrected chi connectivity index (χ1v) is 9.06. The van der Waals surface area contributed by atoms with Crippen LogP contribution in [0.2, 0.25) is 0 Å². The third-order valence-corrected chi connectivity index (χ3v) is 5.98. The molecule has 0 unspecified atom stereocenters. The molecule has 0 bridgehead atoms. The Hall–Kier alpha value is -2.46. The zero-order valence-corrected chi connectivity index (χ0v) is 15.5. The molecule has 0 aromatic heterocycles. The van der Waals surface area contributed by atoms with Crippen LogP contribution in [0.3, 0.4) is 0 Å². The average molecular weight is 348 g/mol. The number of nitrogens with zero attached hydrogens (tertiary/aromatic N) is 1. The van der Waals surface area contributed by atoms with Gasteiger partial charge < -0.3 is 0 Å². The Morgan fingerprint density at radius 2 is 1.46 bits per heavy atom. The zero-order valence-electron chi connectivity index (χ0n) is 15.5. The van der Waals surface area contributed by atoms with E-state index < -0.39 is 11.0 Å². The van der Waals surface area contributed by atoms with Crippen LogP contribution >= 0.6 is 0 Å². The first kappa shape index (κ1) is 17.0. The monoisotopic (exact) mass is 348 g/mol. The van der Waals surface area contributed by atoms with Gasteiger partial charge in [-0.05, 0) is 36.5 Å². The smallest absolute Gasteiger partial charge is 0.257 e. The third-order valence-electron chi connectivity index (χ3n) is 5.98. The molecule has 1 N–H and O–H groups in total. The number of nitrogens with one attached hydrogen (secondary N) is 1. The molecule has 134 valence electrons. The van der Waals surface area contributed by atoms with Crippen LogP contribution in [-0.2, 0) is 15.1 Å². The van der Waals surface area contributed by atoms with E-state index >= 15 is 0 Å². The van der Waals surface area contributed by atoms with E-state index in [1.807, 2.05) is 67.6 Å². The number of hydrogen-bond acceptors (Lipinski definition) is 3. The van der Waals surface area contributed by atoms with E-state index in [9.17, 15) is 9.59 Å². The van der Waals surface area contributed by atoms with Crippen LogP contribution in [0.5, 0.6) is 0 Å². The minimum absolute atomic E-state index is 0.0322. The molecule has 1 saturated heterocycles. The summed E-state index contributed by atoms with van der Waals surface area (Å²) in [5.74, 6) is -0.115. The van der Waals surface area contributed by atoms with Crippen molar-refractivity contribution in [3.05, 3.63) is 66.2 Å². The molecule has 26 heavy (non-hydrogen) atoms. The van der Waals surface area contributed by atoms with E-state index in [1.165, 1.54) is 0 Å². The van der Waals surface area contributed by atoms with Crippen LogP contribution in [0.4, 0.5) is 5.69 Å². The van der Waals surface area contributed by atoms with Crippen molar-refractivity contribution in [1.29, 1.82) is 0 Å². The second kappa shape index (κ2) is 5.52. The largest absolute Gasteiger partial charge is 0.298 e. The normalized spacial score (nSPS) is 30.3. The van der Waals surface area contributed by atoms with Crippen molar-refractivity contribution in [3.8, 4) is 0 Å². The van der Waals surface area contributed by atoms with Gasteiger partial charge in [-0.2, -0.15) is 0 Å². The number of rotatable bonds is 2. The number of Topliss-reactive ketones (excluding diaryl/α,β-unsaturated/α-hetero) is 1. The minimum atomic E-state index is -1.09. The maximum absolute atomic E-state index is 13.7. The fourth-order valence-electron chi connectivity index (χ4n) is 4.73. The van der Waals surface area contributed by atoms with E-state index in [4.69, 9.17) is 0 Å². The van der Waals surface area contributed by atoms with Crippen molar-refractivity contribution in [3.63, 3.8) is 0 Å². The molecule has 0 radical (unpaired) electrons. The van der Waals surface area contributed by atoms with Gasteiger partial charge >= 0.3 is 0 Å². The lowest BCUT2D eigenvalue weighted by molar-refractivity contribution is -0.139. The van der Waals surface area contributed by atoms with Gasteiger partial charge in [0.1, 0.15) is 5.41 Å². The Bertz CT molecular complexity index is 862. The lowest BCUT2D eigenvalue weighted by Gasteiger charge is -2.37. The molecule has 2 aromatic rings. The summed E-state index contributed by atoms with van der Waals surface area (Å²) in [4.78, 5) is 27.0. The molecule has 4 heteroatoms. The van der Waals surface area contributed by atoms with Crippen molar-refractivity contribution >= 4 is 17.4 Å². The third kappa shape index (κ3) is 2.18. The van der Waals surface area contributed by atoms with Gasteiger partial charge in [-0.15, -0.1) is 0 Å². The predicted octanol–water partition coefficient (Wildman–Crippen LogP) is 3.83. The number of carbonyl (C=O) groups excluding carboxylic acids is 2. The van der Waals surface area contributed by atoms with Crippen molar-refractivity contribution in [2.24, 2.45) is 10.8 Å². The molecule has 2 atom stereocenters. The molecule has 1 spiro atoms. The van der Waals surface area contributed by atoms with Crippen molar-refractivity contribution in [2.75, 3.05) is 5.01 Å². The molecule has 2 fully saturated rings. The Morgan fingerprint density at radius 1 is 0.885 bits per heavy atom. The molecule has 1 saturated carbocycles. The molecule has 1 amide bonds. The number of hydrogen-bond donors (Lipinski definition) is 1. The fourth-order valence-corrected chi connectivity index (χ4v) is 4.73. The Morgan fingerprint density at radius 3 is 2.00 bits per heavy atom. The van der Waals surface area contributed by atoms with Gasteiger partial charge in [0.2, 0.25) is 0 Å². The summed E-state index contributed by atoms with van der Waals surface area (Å²) in [7, 11) is 0. The molecular formula is C22H24N2O2. The first-order valence-electron chi connectivity index (χ1n) is 9.06. The number of benzene rings is 2.